The lowest BCUT2D eigenvalue weighted by atomic mass is 9.96. The Morgan fingerprint density at radius 1 is 1.21 bits per heavy atom. The highest BCUT2D eigenvalue weighted by atomic mass is 32.1. The van der Waals surface area contributed by atoms with Crippen molar-refractivity contribution in [2.45, 2.75) is 32.7 Å². The molecule has 2 aliphatic heterocycles. The number of ether oxygens (including phenoxy) is 2. The zero-order valence-electron chi connectivity index (χ0n) is 21.9. The first-order chi connectivity index (χ1) is 18.8. The van der Waals surface area contributed by atoms with E-state index in [-0.39, 0.29) is 23.4 Å². The van der Waals surface area contributed by atoms with Crippen LogP contribution in [0, 0.1) is 10.1 Å². The molecule has 2 aromatic carbocycles. The summed E-state index contributed by atoms with van der Waals surface area (Å²) in [4.78, 5) is 45.3. The summed E-state index contributed by atoms with van der Waals surface area (Å²) in [5.41, 5.74) is 2.51. The topological polar surface area (TPSA) is 116 Å². The molecular weight excluding hydrogens is 520 g/mol. The van der Waals surface area contributed by atoms with Gasteiger partial charge in [0.15, 0.2) is 4.80 Å². The second-order valence-electron chi connectivity index (χ2n) is 9.27. The van der Waals surface area contributed by atoms with Gasteiger partial charge in [0.1, 0.15) is 5.75 Å². The highest BCUT2D eigenvalue weighted by Crippen LogP contribution is 2.32. The van der Waals surface area contributed by atoms with Crippen molar-refractivity contribution in [3.05, 3.63) is 94.7 Å². The molecule has 1 aromatic heterocycles. The first-order valence-corrected chi connectivity index (χ1v) is 13.5. The van der Waals surface area contributed by atoms with Gasteiger partial charge in [-0.2, -0.15) is 0 Å². The first-order valence-electron chi connectivity index (χ1n) is 12.7. The normalized spacial score (nSPS) is 17.2. The van der Waals surface area contributed by atoms with Crippen molar-refractivity contribution < 1.29 is 19.2 Å². The van der Waals surface area contributed by atoms with Crippen LogP contribution in [0.3, 0.4) is 0 Å². The molecule has 202 valence electrons. The quantitative estimate of drug-likeness (QED) is 0.253. The third-order valence-electron chi connectivity index (χ3n) is 6.90. The number of nitrogens with zero attached hydrogens (tertiary/aromatic N) is 4. The number of benzene rings is 2. The summed E-state index contributed by atoms with van der Waals surface area (Å²) in [7, 11) is 1.57. The summed E-state index contributed by atoms with van der Waals surface area (Å²) in [5, 5.41) is 11.5. The molecule has 11 heteroatoms. The molecule has 2 aliphatic rings. The third kappa shape index (κ3) is 4.97. The minimum Gasteiger partial charge on any atom is -0.497 e. The van der Waals surface area contributed by atoms with Gasteiger partial charge in [0.2, 0.25) is 0 Å². The zero-order chi connectivity index (χ0) is 27.7. The number of aromatic nitrogens is 1. The van der Waals surface area contributed by atoms with E-state index in [1.807, 2.05) is 12.1 Å². The lowest BCUT2D eigenvalue weighted by Crippen LogP contribution is -2.40. The number of thiazole rings is 1. The Morgan fingerprint density at radius 3 is 2.56 bits per heavy atom. The smallest absolute Gasteiger partial charge is 0.338 e. The Bertz CT molecular complexity index is 1650. The van der Waals surface area contributed by atoms with Crippen LogP contribution >= 0.6 is 11.3 Å². The number of allylic oxidation sites excluding steroid dienone is 1. The van der Waals surface area contributed by atoms with Crippen molar-refractivity contribution in [2.75, 3.05) is 31.7 Å². The van der Waals surface area contributed by atoms with Gasteiger partial charge in [-0.15, -0.1) is 0 Å². The molecule has 3 aromatic rings. The molecule has 0 radical (unpaired) electrons. The summed E-state index contributed by atoms with van der Waals surface area (Å²) < 4.78 is 12.5. The third-order valence-corrected chi connectivity index (χ3v) is 7.89. The van der Waals surface area contributed by atoms with E-state index < -0.39 is 16.9 Å². The lowest BCUT2D eigenvalue weighted by molar-refractivity contribution is -0.384. The molecule has 5 rings (SSSR count). The largest absolute Gasteiger partial charge is 0.497 e. The minimum absolute atomic E-state index is 0.0477. The van der Waals surface area contributed by atoms with Gasteiger partial charge in [0.05, 0.1) is 40.5 Å². The molecule has 0 saturated carbocycles. The molecule has 0 spiro atoms. The number of nitro benzene ring substituents is 1. The number of rotatable bonds is 7. The van der Waals surface area contributed by atoms with Crippen LogP contribution in [0.4, 0.5) is 11.4 Å². The van der Waals surface area contributed by atoms with Gasteiger partial charge in [-0.1, -0.05) is 23.5 Å². The summed E-state index contributed by atoms with van der Waals surface area (Å²) in [6.07, 6.45) is 3.77. The summed E-state index contributed by atoms with van der Waals surface area (Å²) in [6, 6.07) is 11.2. The monoisotopic (exact) mass is 548 g/mol. The van der Waals surface area contributed by atoms with E-state index in [0.29, 0.717) is 31.9 Å². The van der Waals surface area contributed by atoms with Crippen molar-refractivity contribution in [3.63, 3.8) is 0 Å². The second kappa shape index (κ2) is 10.9. The van der Waals surface area contributed by atoms with Gasteiger partial charge in [0.25, 0.3) is 11.2 Å². The predicted molar refractivity (Wildman–Crippen MR) is 148 cm³/mol. The van der Waals surface area contributed by atoms with Crippen molar-refractivity contribution in [3.8, 4) is 5.75 Å². The molecule has 1 atom stereocenters. The number of carbonyl (C=O) groups excluding carboxylic acids is 1. The van der Waals surface area contributed by atoms with Gasteiger partial charge in [-0.25, -0.2) is 9.79 Å². The Morgan fingerprint density at radius 2 is 1.92 bits per heavy atom. The molecule has 0 bridgehead atoms. The number of esters is 1. The Labute approximate surface area is 228 Å². The number of methoxy groups -OCH3 is 1. The predicted octanol–water partition coefficient (Wildman–Crippen LogP) is 3.32. The first kappa shape index (κ1) is 26.4. The van der Waals surface area contributed by atoms with E-state index in [2.05, 4.69) is 9.89 Å². The molecule has 0 unspecified atom stereocenters. The Kier molecular flexibility index (Phi) is 7.34. The highest BCUT2D eigenvalue weighted by Gasteiger charge is 2.33. The van der Waals surface area contributed by atoms with Crippen LogP contribution in [0.25, 0.3) is 6.08 Å². The van der Waals surface area contributed by atoms with Crippen LogP contribution in [0.2, 0.25) is 0 Å². The molecule has 39 heavy (non-hydrogen) atoms. The van der Waals surface area contributed by atoms with Crippen molar-refractivity contribution >= 4 is 34.8 Å². The average Bonchev–Trinajstić information content (AvgIpc) is 3.56. The van der Waals surface area contributed by atoms with Crippen molar-refractivity contribution in [2.24, 2.45) is 4.99 Å². The van der Waals surface area contributed by atoms with E-state index in [0.717, 1.165) is 31.6 Å². The van der Waals surface area contributed by atoms with E-state index in [1.54, 1.807) is 45.2 Å². The molecule has 1 fully saturated rings. The fraction of sp³-hybridized carbons (Fsp3) is 0.321. The maximum Gasteiger partial charge on any atom is 0.338 e. The lowest BCUT2D eigenvalue weighted by Gasteiger charge is -2.24. The van der Waals surface area contributed by atoms with Crippen LogP contribution in [0.15, 0.2) is 63.5 Å². The van der Waals surface area contributed by atoms with Gasteiger partial charge >= 0.3 is 5.97 Å². The average molecular weight is 549 g/mol. The Balaban J connectivity index is 1.71. The minimum atomic E-state index is -0.753. The SMILES string of the molecule is CCOC(=O)C1=C(C)N=c2s/c(=C/c3cc([N+](=O)[O-])ccc3N3CCCC3)c(=O)n2[C@H]1c1ccc(OC)cc1. The standard InChI is InChI=1S/C28H28N4O6S/c1-4-38-27(34)24-17(2)29-28-31(25(24)18-7-10-21(37-3)11-8-18)26(33)23(39-28)16-19-15-20(32(35)36)9-12-22(19)30-13-5-6-14-30/h7-12,15-16,25H,4-6,13-14H2,1-3H3/b23-16+/t25-/m0/s1. The molecule has 1 saturated heterocycles. The van der Waals surface area contributed by atoms with E-state index in [9.17, 15) is 19.7 Å². The van der Waals surface area contributed by atoms with Gasteiger partial charge < -0.3 is 14.4 Å². The molecule has 3 heterocycles. The van der Waals surface area contributed by atoms with E-state index in [1.165, 1.54) is 28.0 Å². The maximum atomic E-state index is 13.9. The van der Waals surface area contributed by atoms with Crippen molar-refractivity contribution in [1.29, 1.82) is 0 Å². The van der Waals surface area contributed by atoms with Crippen molar-refractivity contribution in [1.82, 2.24) is 4.57 Å². The van der Waals surface area contributed by atoms with E-state index >= 15 is 0 Å². The molecular formula is C28H28N4O6S. The Hall–Kier alpha value is -4.25. The summed E-state index contributed by atoms with van der Waals surface area (Å²) >= 11 is 1.19. The molecule has 10 nitrogen and oxygen atoms in total. The van der Waals surface area contributed by atoms with Crippen LogP contribution in [0.1, 0.15) is 43.9 Å². The van der Waals surface area contributed by atoms with Gasteiger partial charge in [-0.05, 0) is 56.5 Å². The van der Waals surface area contributed by atoms with Crippen LogP contribution in [0.5, 0.6) is 5.75 Å². The highest BCUT2D eigenvalue weighted by molar-refractivity contribution is 7.07. The second-order valence-corrected chi connectivity index (χ2v) is 10.3. The number of anilines is 1. The number of carbonyl (C=O) groups is 1. The number of hydrogen-bond acceptors (Lipinski definition) is 9. The summed E-state index contributed by atoms with van der Waals surface area (Å²) in [6.45, 7) is 5.33. The van der Waals surface area contributed by atoms with Crippen LogP contribution in [-0.2, 0) is 9.53 Å². The van der Waals surface area contributed by atoms with Crippen LogP contribution in [-0.4, -0.2) is 42.3 Å². The maximum absolute atomic E-state index is 13.9. The van der Waals surface area contributed by atoms with Crippen LogP contribution < -0.4 is 24.5 Å². The van der Waals surface area contributed by atoms with Gasteiger partial charge in [0, 0.05) is 36.5 Å². The summed E-state index contributed by atoms with van der Waals surface area (Å²) in [5.74, 6) is 0.105. The fourth-order valence-electron chi connectivity index (χ4n) is 5.05. The van der Waals surface area contributed by atoms with Gasteiger partial charge in [-0.3, -0.25) is 19.5 Å². The number of non-ortho nitro benzene ring substituents is 1. The molecule has 0 amide bonds. The van der Waals surface area contributed by atoms with E-state index in [4.69, 9.17) is 9.47 Å². The molecule has 0 aliphatic carbocycles. The molecule has 0 N–H and O–H groups in total. The zero-order valence-corrected chi connectivity index (χ0v) is 22.7. The number of fused-ring (bicyclic) bond motifs is 1. The number of hydrogen-bond donors (Lipinski definition) is 0. The fourth-order valence-corrected chi connectivity index (χ4v) is 6.09. The number of nitro groups is 1.